The molecule has 1 N–H and O–H groups in total. The number of nitrogens with zero attached hydrogens (tertiary/aromatic N) is 4. The van der Waals surface area contributed by atoms with E-state index < -0.39 is 0 Å². The third kappa shape index (κ3) is 4.78. The van der Waals surface area contributed by atoms with Crippen molar-refractivity contribution in [1.82, 2.24) is 20.1 Å². The van der Waals surface area contributed by atoms with Crippen LogP contribution < -0.4 is 5.32 Å². The first-order valence-electron chi connectivity index (χ1n) is 7.01. The van der Waals surface area contributed by atoms with Gasteiger partial charge < -0.3 is 15.0 Å². The maximum absolute atomic E-state index is 11.2. The normalized spacial score (nSPS) is 19.3. The van der Waals surface area contributed by atoms with Gasteiger partial charge in [0.05, 0.1) is 19.2 Å². The molecule has 2 rings (SSSR count). The van der Waals surface area contributed by atoms with Crippen LogP contribution in [0.15, 0.2) is 0 Å². The minimum absolute atomic E-state index is 0.175. The fourth-order valence-electron chi connectivity index (χ4n) is 2.36. The van der Waals surface area contributed by atoms with Crippen LogP contribution in [0.3, 0.4) is 0 Å². The molecule has 1 aromatic heterocycles. The molecule has 7 nitrogen and oxygen atoms in total. The Bertz CT molecular complexity index is 499. The molecule has 8 heteroatoms. The average Bonchev–Trinajstić information content (AvgIpc) is 2.49. The second-order valence-corrected chi connectivity index (χ2v) is 5.48. The average molecular weight is 314 g/mol. The van der Waals surface area contributed by atoms with E-state index in [0.717, 1.165) is 25.9 Å². The predicted molar refractivity (Wildman–Crippen MR) is 79.3 cm³/mol. The van der Waals surface area contributed by atoms with E-state index in [9.17, 15) is 4.79 Å². The summed E-state index contributed by atoms with van der Waals surface area (Å²) in [5, 5.41) is 11.4. The molecule has 1 aliphatic rings. The highest BCUT2D eigenvalue weighted by Crippen LogP contribution is 2.15. The number of likely N-dealkylation sites (tertiary alicyclic amines) is 1. The summed E-state index contributed by atoms with van der Waals surface area (Å²) in [6, 6.07) is 0.249. The van der Waals surface area contributed by atoms with Crippen LogP contribution in [0.4, 0.5) is 5.95 Å². The summed E-state index contributed by atoms with van der Waals surface area (Å²) in [6.45, 7) is 4.35. The number of piperidine rings is 1. The van der Waals surface area contributed by atoms with Gasteiger partial charge in [0.25, 0.3) is 0 Å². The van der Waals surface area contributed by atoms with Crippen LogP contribution in [0.1, 0.15) is 25.0 Å². The van der Waals surface area contributed by atoms with E-state index in [-0.39, 0.29) is 12.0 Å². The van der Waals surface area contributed by atoms with E-state index >= 15 is 0 Å². The Hall–Kier alpha value is -1.47. The van der Waals surface area contributed by atoms with Crippen molar-refractivity contribution in [2.45, 2.75) is 32.2 Å². The standard InChI is InChI=1S/C13H20ClN5O2/c1-9-12(14)17-18-13(15-9)16-10-4-3-6-19(8-10)7-5-11(20)21-2/h10H,3-8H2,1-2H3,(H,15,16,18)/t10-/m1/s1. The number of rotatable bonds is 5. The van der Waals surface area contributed by atoms with Crippen molar-refractivity contribution < 1.29 is 9.53 Å². The molecule has 0 radical (unpaired) electrons. The molecular weight excluding hydrogens is 294 g/mol. The van der Waals surface area contributed by atoms with Gasteiger partial charge in [-0.2, -0.15) is 0 Å². The topological polar surface area (TPSA) is 80.2 Å². The third-order valence-electron chi connectivity index (χ3n) is 3.50. The third-order valence-corrected chi connectivity index (χ3v) is 3.85. The van der Waals surface area contributed by atoms with Gasteiger partial charge in [-0.05, 0) is 26.3 Å². The summed E-state index contributed by atoms with van der Waals surface area (Å²) in [4.78, 5) is 17.7. The number of hydrogen-bond donors (Lipinski definition) is 1. The number of hydrogen-bond acceptors (Lipinski definition) is 7. The number of methoxy groups -OCH3 is 1. The summed E-state index contributed by atoms with van der Waals surface area (Å²) in [7, 11) is 1.41. The van der Waals surface area contributed by atoms with E-state index in [2.05, 4.69) is 30.1 Å². The van der Waals surface area contributed by atoms with Crippen LogP contribution in [0, 0.1) is 6.92 Å². The summed E-state index contributed by atoms with van der Waals surface area (Å²) in [6.07, 6.45) is 2.53. The van der Waals surface area contributed by atoms with Gasteiger partial charge >= 0.3 is 5.97 Å². The van der Waals surface area contributed by atoms with Crippen molar-refractivity contribution in [3.8, 4) is 0 Å². The van der Waals surface area contributed by atoms with Crippen LogP contribution in [0.25, 0.3) is 0 Å². The lowest BCUT2D eigenvalue weighted by Gasteiger charge is -2.32. The molecule has 1 aliphatic heterocycles. The number of nitrogens with one attached hydrogen (secondary N) is 1. The molecule has 0 bridgehead atoms. The largest absolute Gasteiger partial charge is 0.469 e. The number of halogens is 1. The monoisotopic (exact) mass is 313 g/mol. The van der Waals surface area contributed by atoms with Crippen molar-refractivity contribution >= 4 is 23.5 Å². The minimum atomic E-state index is -0.175. The Kier molecular flexibility index (Phi) is 5.69. The number of carbonyl (C=O) groups excluding carboxylic acids is 1. The molecule has 0 spiro atoms. The molecule has 1 saturated heterocycles. The molecule has 0 unspecified atom stereocenters. The molecule has 0 amide bonds. The van der Waals surface area contributed by atoms with Crippen LogP contribution in [-0.4, -0.2) is 58.8 Å². The van der Waals surface area contributed by atoms with E-state index in [1.54, 1.807) is 6.92 Å². The molecule has 1 fully saturated rings. The number of aromatic nitrogens is 3. The number of ether oxygens (including phenoxy) is 1. The fourth-order valence-corrected chi connectivity index (χ4v) is 2.44. The highest BCUT2D eigenvalue weighted by molar-refractivity contribution is 6.29. The van der Waals surface area contributed by atoms with Crippen LogP contribution in [-0.2, 0) is 9.53 Å². The molecule has 1 aromatic rings. The number of aryl methyl sites for hydroxylation is 1. The maximum atomic E-state index is 11.2. The Morgan fingerprint density at radius 1 is 1.52 bits per heavy atom. The molecular formula is C13H20ClN5O2. The lowest BCUT2D eigenvalue weighted by Crippen LogP contribution is -2.43. The van der Waals surface area contributed by atoms with Gasteiger partial charge in [0.1, 0.15) is 0 Å². The molecule has 116 valence electrons. The lowest BCUT2D eigenvalue weighted by atomic mass is 10.1. The molecule has 2 heterocycles. The van der Waals surface area contributed by atoms with Gasteiger partial charge in [0.2, 0.25) is 5.95 Å². The second kappa shape index (κ2) is 7.51. The van der Waals surface area contributed by atoms with Crippen LogP contribution >= 0.6 is 11.6 Å². The first-order valence-corrected chi connectivity index (χ1v) is 7.39. The SMILES string of the molecule is COC(=O)CCN1CCC[C@@H](Nc2nnc(Cl)c(C)n2)C1. The van der Waals surface area contributed by atoms with E-state index in [4.69, 9.17) is 11.6 Å². The summed E-state index contributed by atoms with van der Waals surface area (Å²) in [5.41, 5.74) is 0.660. The lowest BCUT2D eigenvalue weighted by molar-refractivity contribution is -0.141. The van der Waals surface area contributed by atoms with Gasteiger partial charge in [-0.15, -0.1) is 10.2 Å². The quantitative estimate of drug-likeness (QED) is 0.820. The Balaban J connectivity index is 1.85. The van der Waals surface area contributed by atoms with Gasteiger partial charge in [-0.3, -0.25) is 4.79 Å². The van der Waals surface area contributed by atoms with Crippen LogP contribution in [0.5, 0.6) is 0 Å². The minimum Gasteiger partial charge on any atom is -0.469 e. The molecule has 0 saturated carbocycles. The van der Waals surface area contributed by atoms with Gasteiger partial charge in [-0.25, -0.2) is 4.98 Å². The predicted octanol–water partition coefficient (Wildman–Crippen LogP) is 1.27. The zero-order chi connectivity index (χ0) is 15.2. The number of anilines is 1. The van der Waals surface area contributed by atoms with Gasteiger partial charge in [0, 0.05) is 19.1 Å². The van der Waals surface area contributed by atoms with Crippen molar-refractivity contribution in [2.24, 2.45) is 0 Å². The van der Waals surface area contributed by atoms with Crippen molar-refractivity contribution in [3.63, 3.8) is 0 Å². The second-order valence-electron chi connectivity index (χ2n) is 5.12. The molecule has 0 aromatic carbocycles. The van der Waals surface area contributed by atoms with Crippen molar-refractivity contribution in [1.29, 1.82) is 0 Å². The molecule has 1 atom stereocenters. The fraction of sp³-hybridized carbons (Fsp3) is 0.692. The summed E-state index contributed by atoms with van der Waals surface area (Å²) < 4.78 is 4.67. The Morgan fingerprint density at radius 3 is 3.05 bits per heavy atom. The van der Waals surface area contributed by atoms with Crippen molar-refractivity contribution in [3.05, 3.63) is 10.8 Å². The highest BCUT2D eigenvalue weighted by atomic mass is 35.5. The smallest absolute Gasteiger partial charge is 0.306 e. The van der Waals surface area contributed by atoms with Crippen LogP contribution in [0.2, 0.25) is 5.15 Å². The first kappa shape index (κ1) is 15.9. The maximum Gasteiger partial charge on any atom is 0.306 e. The summed E-state index contributed by atoms with van der Waals surface area (Å²) in [5.74, 6) is 0.322. The number of esters is 1. The zero-order valence-electron chi connectivity index (χ0n) is 12.3. The van der Waals surface area contributed by atoms with Crippen molar-refractivity contribution in [2.75, 3.05) is 32.1 Å². The van der Waals surface area contributed by atoms with E-state index in [1.807, 2.05) is 0 Å². The van der Waals surface area contributed by atoms with E-state index in [0.29, 0.717) is 29.8 Å². The zero-order valence-corrected chi connectivity index (χ0v) is 13.1. The molecule has 21 heavy (non-hydrogen) atoms. The number of carbonyl (C=O) groups is 1. The van der Waals surface area contributed by atoms with E-state index in [1.165, 1.54) is 7.11 Å². The molecule has 0 aliphatic carbocycles. The summed E-state index contributed by atoms with van der Waals surface area (Å²) >= 11 is 5.82. The Morgan fingerprint density at radius 2 is 2.33 bits per heavy atom. The highest BCUT2D eigenvalue weighted by Gasteiger charge is 2.21. The first-order chi connectivity index (χ1) is 10.1. The van der Waals surface area contributed by atoms with Gasteiger partial charge in [-0.1, -0.05) is 11.6 Å². The Labute approximate surface area is 129 Å². The van der Waals surface area contributed by atoms with Gasteiger partial charge in [0.15, 0.2) is 5.15 Å².